The number of carbonyl (C=O) groups is 1. The fraction of sp³-hybridized carbons (Fsp3) is 0.909. The third-order valence-corrected chi connectivity index (χ3v) is 2.92. The van der Waals surface area contributed by atoms with Crippen molar-refractivity contribution in [3.8, 4) is 0 Å². The van der Waals surface area contributed by atoms with Crippen LogP contribution in [0, 0.1) is 5.92 Å². The topological polar surface area (TPSA) is 55.6 Å². The minimum absolute atomic E-state index is 0.281. The lowest BCUT2D eigenvalue weighted by molar-refractivity contribution is -0.145. The average Bonchev–Trinajstić information content (AvgIpc) is 2.22. The maximum Gasteiger partial charge on any atom is 0.324 e. The van der Waals surface area contributed by atoms with E-state index in [0.29, 0.717) is 13.2 Å². The Labute approximate surface area is 91.8 Å². The molecule has 1 saturated heterocycles. The van der Waals surface area contributed by atoms with Gasteiger partial charge in [-0.1, -0.05) is 6.92 Å². The van der Waals surface area contributed by atoms with E-state index in [1.807, 2.05) is 0 Å². The summed E-state index contributed by atoms with van der Waals surface area (Å²) in [4.78, 5) is 13.6. The van der Waals surface area contributed by atoms with Crippen molar-refractivity contribution in [3.05, 3.63) is 0 Å². The number of rotatable bonds is 4. The second-order valence-electron chi connectivity index (χ2n) is 4.34. The van der Waals surface area contributed by atoms with Gasteiger partial charge in [0, 0.05) is 6.54 Å². The number of nitrogens with zero attached hydrogens (tertiary/aromatic N) is 1. The van der Waals surface area contributed by atoms with Crippen LogP contribution in [0.25, 0.3) is 0 Å². The number of hydrogen-bond donors (Lipinski definition) is 1. The Hall–Kier alpha value is -0.610. The molecule has 0 aromatic carbocycles. The molecule has 0 aromatic rings. The highest BCUT2D eigenvalue weighted by Gasteiger charge is 2.21. The fourth-order valence-corrected chi connectivity index (χ4v) is 1.85. The Morgan fingerprint density at radius 3 is 2.67 bits per heavy atom. The van der Waals surface area contributed by atoms with Gasteiger partial charge in [0.2, 0.25) is 0 Å². The molecule has 15 heavy (non-hydrogen) atoms. The molecule has 0 bridgehead atoms. The lowest BCUT2D eigenvalue weighted by atomic mass is 9.99. The maximum absolute atomic E-state index is 11.3. The molecule has 4 nitrogen and oxygen atoms in total. The van der Waals surface area contributed by atoms with Crippen molar-refractivity contribution >= 4 is 5.97 Å². The predicted molar refractivity (Wildman–Crippen MR) is 59.4 cm³/mol. The van der Waals surface area contributed by atoms with Crippen molar-refractivity contribution in [2.75, 3.05) is 26.2 Å². The number of nitrogens with two attached hydrogens (primary N) is 1. The summed E-state index contributed by atoms with van der Waals surface area (Å²) in [6, 6.07) is -0.488. The number of likely N-dealkylation sites (tertiary alicyclic amines) is 1. The second kappa shape index (κ2) is 6.08. The third-order valence-electron chi connectivity index (χ3n) is 2.92. The Morgan fingerprint density at radius 2 is 2.13 bits per heavy atom. The monoisotopic (exact) mass is 214 g/mol. The summed E-state index contributed by atoms with van der Waals surface area (Å²) in [6.07, 6.45) is 2.41. The first-order valence-electron chi connectivity index (χ1n) is 5.78. The summed E-state index contributed by atoms with van der Waals surface area (Å²) in [5.41, 5.74) is 5.75. The molecule has 1 fully saturated rings. The first-order chi connectivity index (χ1) is 7.13. The zero-order chi connectivity index (χ0) is 11.3. The second-order valence-corrected chi connectivity index (χ2v) is 4.34. The molecule has 0 amide bonds. The number of piperidine rings is 1. The highest BCUT2D eigenvalue weighted by Crippen LogP contribution is 2.15. The highest BCUT2D eigenvalue weighted by atomic mass is 16.5. The van der Waals surface area contributed by atoms with E-state index >= 15 is 0 Å². The van der Waals surface area contributed by atoms with Gasteiger partial charge in [-0.3, -0.25) is 4.79 Å². The Balaban J connectivity index is 2.25. The van der Waals surface area contributed by atoms with Gasteiger partial charge in [-0.05, 0) is 38.8 Å². The van der Waals surface area contributed by atoms with Crippen LogP contribution in [-0.2, 0) is 9.53 Å². The molecule has 0 aromatic heterocycles. The molecule has 0 spiro atoms. The Bertz CT molecular complexity index is 201. The zero-order valence-electron chi connectivity index (χ0n) is 9.74. The third kappa shape index (κ3) is 4.18. The van der Waals surface area contributed by atoms with Crippen molar-refractivity contribution in [3.63, 3.8) is 0 Å². The van der Waals surface area contributed by atoms with Crippen LogP contribution in [0.15, 0.2) is 0 Å². The molecule has 0 saturated carbocycles. The maximum atomic E-state index is 11.3. The van der Waals surface area contributed by atoms with Crippen LogP contribution < -0.4 is 5.73 Å². The molecule has 0 radical (unpaired) electrons. The quantitative estimate of drug-likeness (QED) is 0.697. The highest BCUT2D eigenvalue weighted by molar-refractivity contribution is 5.75. The summed E-state index contributed by atoms with van der Waals surface area (Å²) >= 11 is 0. The van der Waals surface area contributed by atoms with E-state index in [9.17, 15) is 4.79 Å². The van der Waals surface area contributed by atoms with Crippen LogP contribution in [0.4, 0.5) is 0 Å². The Morgan fingerprint density at radius 1 is 1.53 bits per heavy atom. The SMILES string of the molecule is CCOC(=O)C(N)CN1CCC(C)CC1. The smallest absolute Gasteiger partial charge is 0.324 e. The summed E-state index contributed by atoms with van der Waals surface area (Å²) in [5, 5.41) is 0. The van der Waals surface area contributed by atoms with Crippen LogP contribution in [-0.4, -0.2) is 43.2 Å². The molecule has 1 aliphatic heterocycles. The predicted octanol–water partition coefficient (Wildman–Crippen LogP) is 0.609. The number of ether oxygens (including phenoxy) is 1. The molecule has 2 N–H and O–H groups in total. The van der Waals surface area contributed by atoms with Crippen LogP contribution in [0.2, 0.25) is 0 Å². The van der Waals surface area contributed by atoms with Gasteiger partial charge in [-0.25, -0.2) is 0 Å². The van der Waals surface area contributed by atoms with Crippen molar-refractivity contribution in [2.45, 2.75) is 32.7 Å². The van der Waals surface area contributed by atoms with Crippen LogP contribution in [0.5, 0.6) is 0 Å². The van der Waals surface area contributed by atoms with Crippen LogP contribution in [0.3, 0.4) is 0 Å². The van der Waals surface area contributed by atoms with E-state index in [2.05, 4.69) is 11.8 Å². The van der Waals surface area contributed by atoms with Crippen LogP contribution in [0.1, 0.15) is 26.7 Å². The normalized spacial score (nSPS) is 21.3. The summed E-state index contributed by atoms with van der Waals surface area (Å²) < 4.78 is 4.88. The molecule has 0 aliphatic carbocycles. The largest absolute Gasteiger partial charge is 0.465 e. The number of esters is 1. The van der Waals surface area contributed by atoms with Gasteiger partial charge in [0.05, 0.1) is 6.61 Å². The van der Waals surface area contributed by atoms with E-state index in [-0.39, 0.29) is 5.97 Å². The molecule has 1 aliphatic rings. The summed E-state index contributed by atoms with van der Waals surface area (Å²) in [6.45, 7) is 7.20. The molecular formula is C11H22N2O2. The van der Waals surface area contributed by atoms with Gasteiger partial charge in [-0.2, -0.15) is 0 Å². The van der Waals surface area contributed by atoms with Gasteiger partial charge >= 0.3 is 5.97 Å². The van der Waals surface area contributed by atoms with Crippen LogP contribution >= 0.6 is 0 Å². The molecule has 1 atom stereocenters. The van der Waals surface area contributed by atoms with Gasteiger partial charge in [0.15, 0.2) is 0 Å². The number of hydrogen-bond acceptors (Lipinski definition) is 4. The van der Waals surface area contributed by atoms with Gasteiger partial charge in [0.25, 0.3) is 0 Å². The van der Waals surface area contributed by atoms with Crippen molar-refractivity contribution in [1.82, 2.24) is 4.90 Å². The van der Waals surface area contributed by atoms with Crippen molar-refractivity contribution in [2.24, 2.45) is 11.7 Å². The first-order valence-corrected chi connectivity index (χ1v) is 5.78. The molecular weight excluding hydrogens is 192 g/mol. The van der Waals surface area contributed by atoms with E-state index in [1.165, 1.54) is 12.8 Å². The lowest BCUT2D eigenvalue weighted by Gasteiger charge is -2.31. The standard InChI is InChI=1S/C11H22N2O2/c1-3-15-11(14)10(12)8-13-6-4-9(2)5-7-13/h9-10H,3-8,12H2,1-2H3. The van der Waals surface area contributed by atoms with Gasteiger partial charge < -0.3 is 15.4 Å². The van der Waals surface area contributed by atoms with Gasteiger partial charge in [-0.15, -0.1) is 0 Å². The zero-order valence-corrected chi connectivity index (χ0v) is 9.74. The first kappa shape index (κ1) is 12.5. The lowest BCUT2D eigenvalue weighted by Crippen LogP contribution is -2.46. The molecule has 88 valence electrons. The summed E-state index contributed by atoms with van der Waals surface area (Å²) in [5.74, 6) is 0.524. The molecule has 1 rings (SSSR count). The number of carbonyl (C=O) groups excluding carboxylic acids is 1. The van der Waals surface area contributed by atoms with E-state index < -0.39 is 6.04 Å². The molecule has 1 unspecified atom stereocenters. The van der Waals surface area contributed by atoms with Gasteiger partial charge in [0.1, 0.15) is 6.04 Å². The van der Waals surface area contributed by atoms with E-state index in [1.54, 1.807) is 6.92 Å². The molecule has 4 heteroatoms. The van der Waals surface area contributed by atoms with Crippen molar-refractivity contribution in [1.29, 1.82) is 0 Å². The van der Waals surface area contributed by atoms with E-state index in [4.69, 9.17) is 10.5 Å². The van der Waals surface area contributed by atoms with E-state index in [0.717, 1.165) is 19.0 Å². The summed E-state index contributed by atoms with van der Waals surface area (Å²) in [7, 11) is 0. The minimum atomic E-state index is -0.488. The fourth-order valence-electron chi connectivity index (χ4n) is 1.85. The van der Waals surface area contributed by atoms with Crippen molar-refractivity contribution < 1.29 is 9.53 Å². The Kier molecular flexibility index (Phi) is 5.05. The minimum Gasteiger partial charge on any atom is -0.465 e. The average molecular weight is 214 g/mol. The molecule has 1 heterocycles.